The van der Waals surface area contributed by atoms with E-state index in [0.717, 1.165) is 11.8 Å². The van der Waals surface area contributed by atoms with Crippen molar-refractivity contribution in [1.82, 2.24) is 10.3 Å². The summed E-state index contributed by atoms with van der Waals surface area (Å²) in [6.45, 7) is 1.75. The van der Waals surface area contributed by atoms with Gasteiger partial charge in [0.1, 0.15) is 5.56 Å². The van der Waals surface area contributed by atoms with Gasteiger partial charge in [0.2, 0.25) is 0 Å². The second-order valence-corrected chi connectivity index (χ2v) is 4.13. The number of rotatable bonds is 7. The molecule has 0 aliphatic heterocycles. The van der Waals surface area contributed by atoms with Crippen molar-refractivity contribution in [3.8, 4) is 0 Å². The minimum atomic E-state index is -0.354. The highest BCUT2D eigenvalue weighted by molar-refractivity contribution is 9.09. The number of hydrogen-bond acceptors (Lipinski definition) is 3. The summed E-state index contributed by atoms with van der Waals surface area (Å²) in [5, 5.41) is 3.47. The molecule has 0 saturated heterocycles. The van der Waals surface area contributed by atoms with E-state index in [1.54, 1.807) is 0 Å². The first-order valence-electron chi connectivity index (χ1n) is 5.34. The summed E-state index contributed by atoms with van der Waals surface area (Å²) in [5.74, 6) is -0.354. The lowest BCUT2D eigenvalue weighted by Gasteiger charge is -2.04. The van der Waals surface area contributed by atoms with Crippen molar-refractivity contribution in [2.24, 2.45) is 0 Å². The van der Waals surface area contributed by atoms with Gasteiger partial charge < -0.3 is 15.0 Å². The van der Waals surface area contributed by atoms with Gasteiger partial charge in [-0.15, -0.1) is 0 Å². The van der Waals surface area contributed by atoms with Gasteiger partial charge >= 0.3 is 0 Å². The molecule has 1 aromatic rings. The summed E-state index contributed by atoms with van der Waals surface area (Å²) >= 11 is 3.25. The quantitative estimate of drug-likeness (QED) is 0.581. The average Bonchev–Trinajstić information content (AvgIpc) is 2.34. The molecule has 94 valence electrons. The lowest BCUT2D eigenvalue weighted by Crippen LogP contribution is -2.29. The number of carbonyl (C=O) groups excluding carboxylic acids is 1. The molecule has 1 heterocycles. The third kappa shape index (κ3) is 5.14. The highest BCUT2D eigenvalue weighted by atomic mass is 79.9. The highest BCUT2D eigenvalue weighted by Gasteiger charge is 2.07. The maximum atomic E-state index is 11.6. The van der Waals surface area contributed by atoms with E-state index in [1.165, 1.54) is 18.5 Å². The van der Waals surface area contributed by atoms with Crippen molar-refractivity contribution in [3.05, 3.63) is 34.2 Å². The van der Waals surface area contributed by atoms with Gasteiger partial charge in [0.25, 0.3) is 5.91 Å². The average molecular weight is 303 g/mol. The lowest BCUT2D eigenvalue weighted by molar-refractivity contribution is 0.0943. The third-order valence-corrected chi connectivity index (χ3v) is 2.36. The van der Waals surface area contributed by atoms with Crippen LogP contribution in [0.25, 0.3) is 0 Å². The molecule has 0 bridgehead atoms. The molecule has 0 aliphatic carbocycles. The number of pyridine rings is 1. The van der Waals surface area contributed by atoms with Gasteiger partial charge in [-0.3, -0.25) is 9.59 Å². The van der Waals surface area contributed by atoms with E-state index in [2.05, 4.69) is 26.2 Å². The molecule has 5 nitrogen and oxygen atoms in total. The van der Waals surface area contributed by atoms with E-state index >= 15 is 0 Å². The van der Waals surface area contributed by atoms with Gasteiger partial charge in [-0.25, -0.2) is 0 Å². The first-order chi connectivity index (χ1) is 8.25. The smallest absolute Gasteiger partial charge is 0.256 e. The number of alkyl halides is 1. The Labute approximate surface area is 108 Å². The largest absolute Gasteiger partial charge is 0.381 e. The first kappa shape index (κ1) is 13.9. The summed E-state index contributed by atoms with van der Waals surface area (Å²) in [5.41, 5.74) is -0.148. The van der Waals surface area contributed by atoms with E-state index in [4.69, 9.17) is 4.74 Å². The van der Waals surface area contributed by atoms with Crippen LogP contribution < -0.4 is 10.7 Å². The van der Waals surface area contributed by atoms with Gasteiger partial charge in [0.15, 0.2) is 5.43 Å². The molecule has 6 heteroatoms. The molecule has 1 aromatic heterocycles. The minimum absolute atomic E-state index is 0.133. The van der Waals surface area contributed by atoms with Crippen molar-refractivity contribution in [2.45, 2.75) is 6.42 Å². The molecule has 1 amide bonds. The summed E-state index contributed by atoms with van der Waals surface area (Å²) in [6.07, 6.45) is 3.62. The molecule has 0 aliphatic rings. The van der Waals surface area contributed by atoms with E-state index in [9.17, 15) is 9.59 Å². The summed E-state index contributed by atoms with van der Waals surface area (Å²) in [7, 11) is 0. The Bertz CT molecular complexity index is 406. The number of ether oxygens (including phenoxy) is 1. The Morgan fingerprint density at radius 2 is 2.29 bits per heavy atom. The zero-order valence-electron chi connectivity index (χ0n) is 9.37. The maximum absolute atomic E-state index is 11.6. The molecular weight excluding hydrogens is 288 g/mol. The molecule has 0 saturated carbocycles. The van der Waals surface area contributed by atoms with Crippen LogP contribution in [0.3, 0.4) is 0 Å². The Morgan fingerprint density at radius 1 is 1.47 bits per heavy atom. The standard InChI is InChI=1S/C11H15BrN2O3/c12-3-7-17-6-1-4-14-11(16)9-8-13-5-2-10(9)15/h2,5,8H,1,3-4,6-7H2,(H,13,15)(H,14,16). The van der Waals surface area contributed by atoms with Crippen molar-refractivity contribution in [2.75, 3.05) is 25.1 Å². The van der Waals surface area contributed by atoms with Crippen molar-refractivity contribution in [3.63, 3.8) is 0 Å². The molecule has 0 unspecified atom stereocenters. The second-order valence-electron chi connectivity index (χ2n) is 3.33. The van der Waals surface area contributed by atoms with Gasteiger partial charge in [-0.2, -0.15) is 0 Å². The number of aromatic nitrogens is 1. The first-order valence-corrected chi connectivity index (χ1v) is 6.47. The predicted molar refractivity (Wildman–Crippen MR) is 68.6 cm³/mol. The molecule has 0 radical (unpaired) electrons. The molecule has 0 fully saturated rings. The number of aromatic amines is 1. The second kappa shape index (κ2) is 8.03. The minimum Gasteiger partial charge on any atom is -0.381 e. The van der Waals surface area contributed by atoms with Crippen LogP contribution in [-0.4, -0.2) is 36.0 Å². The van der Waals surface area contributed by atoms with Gasteiger partial charge in [0.05, 0.1) is 6.61 Å². The van der Waals surface area contributed by atoms with E-state index in [0.29, 0.717) is 19.8 Å². The van der Waals surface area contributed by atoms with Crippen LogP contribution in [0.2, 0.25) is 0 Å². The maximum Gasteiger partial charge on any atom is 0.256 e. The van der Waals surface area contributed by atoms with Crippen LogP contribution in [0.4, 0.5) is 0 Å². The van der Waals surface area contributed by atoms with Crippen LogP contribution >= 0.6 is 15.9 Å². The molecule has 2 N–H and O–H groups in total. The van der Waals surface area contributed by atoms with Crippen molar-refractivity contribution in [1.29, 1.82) is 0 Å². The fourth-order valence-electron chi connectivity index (χ4n) is 1.22. The SMILES string of the molecule is O=C(NCCCOCCBr)c1c[nH]ccc1=O. The number of halogens is 1. The Morgan fingerprint density at radius 3 is 3.00 bits per heavy atom. The van der Waals surface area contributed by atoms with Crippen LogP contribution in [0.1, 0.15) is 16.8 Å². The Hall–Kier alpha value is -1.14. The molecule has 17 heavy (non-hydrogen) atoms. The Balaban J connectivity index is 2.26. The van der Waals surface area contributed by atoms with Crippen LogP contribution in [0.5, 0.6) is 0 Å². The number of hydrogen-bond donors (Lipinski definition) is 2. The molecule has 1 rings (SSSR count). The summed E-state index contributed by atoms with van der Waals surface area (Å²) in [4.78, 5) is 25.6. The van der Waals surface area contributed by atoms with Crippen LogP contribution in [-0.2, 0) is 4.74 Å². The fourth-order valence-corrected chi connectivity index (χ4v) is 1.45. The van der Waals surface area contributed by atoms with E-state index < -0.39 is 0 Å². The monoisotopic (exact) mass is 302 g/mol. The fraction of sp³-hybridized carbons (Fsp3) is 0.455. The zero-order chi connectivity index (χ0) is 12.5. The van der Waals surface area contributed by atoms with E-state index in [1.807, 2.05) is 0 Å². The van der Waals surface area contributed by atoms with Crippen LogP contribution in [0, 0.1) is 0 Å². The molecule has 0 atom stereocenters. The third-order valence-electron chi connectivity index (χ3n) is 2.04. The van der Waals surface area contributed by atoms with E-state index in [-0.39, 0.29) is 16.9 Å². The molecular formula is C11H15BrN2O3. The van der Waals surface area contributed by atoms with Crippen LogP contribution in [0.15, 0.2) is 23.3 Å². The van der Waals surface area contributed by atoms with Gasteiger partial charge in [0, 0.05) is 36.9 Å². The number of carbonyl (C=O) groups is 1. The van der Waals surface area contributed by atoms with Gasteiger partial charge in [-0.1, -0.05) is 15.9 Å². The van der Waals surface area contributed by atoms with Crippen molar-refractivity contribution < 1.29 is 9.53 Å². The molecule has 0 aromatic carbocycles. The normalized spacial score (nSPS) is 10.2. The summed E-state index contributed by atoms with van der Waals surface area (Å²) in [6, 6.07) is 1.33. The zero-order valence-corrected chi connectivity index (χ0v) is 11.0. The number of amides is 1. The summed E-state index contributed by atoms with van der Waals surface area (Å²) < 4.78 is 5.23. The number of H-pyrrole nitrogens is 1. The van der Waals surface area contributed by atoms with Crippen molar-refractivity contribution >= 4 is 21.8 Å². The lowest BCUT2D eigenvalue weighted by atomic mass is 10.2. The Kier molecular flexibility index (Phi) is 6.57. The highest BCUT2D eigenvalue weighted by Crippen LogP contribution is 1.89. The number of nitrogens with one attached hydrogen (secondary N) is 2. The predicted octanol–water partition coefficient (Wildman–Crippen LogP) is 0.906. The van der Waals surface area contributed by atoms with Gasteiger partial charge in [-0.05, 0) is 6.42 Å². The topological polar surface area (TPSA) is 71.2 Å². The molecule has 0 spiro atoms.